The minimum Gasteiger partial charge on any atom is -0.491 e. The number of fused-ring (bicyclic) bond motifs is 3. The van der Waals surface area contributed by atoms with Crippen LogP contribution in [0.1, 0.15) is 17.5 Å². The number of likely N-dealkylation sites (tertiary alicyclic amines) is 1. The van der Waals surface area contributed by atoms with Crippen LogP contribution in [0.15, 0.2) is 55.1 Å². The zero-order chi connectivity index (χ0) is 29.0. The number of hydrogen-bond acceptors (Lipinski definition) is 10. The van der Waals surface area contributed by atoms with Crippen LogP contribution in [0.5, 0.6) is 11.6 Å². The number of methoxy groups -OCH3 is 1. The summed E-state index contributed by atoms with van der Waals surface area (Å²) in [6.45, 7) is 8.21. The molecule has 1 spiro atoms. The maximum absolute atomic E-state index is 9.77. The summed E-state index contributed by atoms with van der Waals surface area (Å²) in [7, 11) is 1.64. The first-order chi connectivity index (χ1) is 21.1. The minimum absolute atomic E-state index is 0.400. The third-order valence-electron chi connectivity index (χ3n) is 9.42. The molecule has 11 nitrogen and oxygen atoms in total. The van der Waals surface area contributed by atoms with Gasteiger partial charge in [-0.05, 0) is 30.2 Å². The van der Waals surface area contributed by atoms with Crippen LogP contribution >= 0.6 is 0 Å². The monoisotopic (exact) mass is 578 g/mol. The number of nitriles is 1. The zero-order valence-corrected chi connectivity index (χ0v) is 24.2. The lowest BCUT2D eigenvalue weighted by Gasteiger charge is -2.56. The van der Waals surface area contributed by atoms with Gasteiger partial charge in [-0.2, -0.15) is 10.4 Å². The van der Waals surface area contributed by atoms with Crippen molar-refractivity contribution < 1.29 is 14.2 Å². The van der Waals surface area contributed by atoms with Gasteiger partial charge in [0.05, 0.1) is 43.8 Å². The smallest absolute Gasteiger partial charge is 0.212 e. The average molecular weight is 579 g/mol. The Kier molecular flexibility index (Phi) is 6.44. The number of hydrogen-bond donors (Lipinski definition) is 0. The van der Waals surface area contributed by atoms with E-state index in [-0.39, 0.29) is 0 Å². The molecule has 2 atom stereocenters. The van der Waals surface area contributed by atoms with Gasteiger partial charge in [0, 0.05) is 86.4 Å². The van der Waals surface area contributed by atoms with E-state index in [0.717, 1.165) is 80.7 Å². The fraction of sp³-hybridized carbons (Fsp3) is 0.438. The van der Waals surface area contributed by atoms with Crippen LogP contribution in [-0.2, 0) is 11.3 Å². The van der Waals surface area contributed by atoms with Gasteiger partial charge in [-0.15, -0.1) is 0 Å². The molecule has 4 aromatic rings. The van der Waals surface area contributed by atoms with Gasteiger partial charge in [0.2, 0.25) is 5.88 Å². The molecule has 2 unspecified atom stereocenters. The van der Waals surface area contributed by atoms with Crippen molar-refractivity contribution in [2.45, 2.75) is 25.0 Å². The first-order valence-corrected chi connectivity index (χ1v) is 14.9. The van der Waals surface area contributed by atoms with E-state index < -0.39 is 0 Å². The molecule has 0 saturated carbocycles. The quantitative estimate of drug-likeness (QED) is 0.295. The van der Waals surface area contributed by atoms with E-state index >= 15 is 0 Å². The lowest BCUT2D eigenvalue weighted by molar-refractivity contribution is -0.189. The van der Waals surface area contributed by atoms with Gasteiger partial charge < -0.3 is 19.1 Å². The van der Waals surface area contributed by atoms with Crippen LogP contribution in [0.2, 0.25) is 0 Å². The molecular formula is C32H34N8O3. The van der Waals surface area contributed by atoms with E-state index in [1.54, 1.807) is 17.8 Å². The topological polar surface area (TPSA) is 104 Å². The minimum atomic E-state index is 0.400. The Labute approximate surface area is 250 Å². The highest BCUT2D eigenvalue weighted by molar-refractivity contribution is 5.85. The molecule has 43 heavy (non-hydrogen) atoms. The Bertz CT molecular complexity index is 1660. The van der Waals surface area contributed by atoms with E-state index in [1.165, 1.54) is 12.0 Å². The highest BCUT2D eigenvalue weighted by Crippen LogP contribution is 2.38. The number of rotatable bonds is 9. The van der Waals surface area contributed by atoms with Crippen molar-refractivity contribution in [2.75, 3.05) is 64.6 Å². The molecule has 0 amide bonds. The van der Waals surface area contributed by atoms with Gasteiger partial charge >= 0.3 is 0 Å². The predicted molar refractivity (Wildman–Crippen MR) is 159 cm³/mol. The van der Waals surface area contributed by atoms with E-state index in [0.29, 0.717) is 35.5 Å². The molecule has 9 rings (SSSR count). The number of piperazine rings is 1. The normalized spacial score (nSPS) is 22.5. The maximum atomic E-state index is 9.77. The number of piperidine rings is 1. The molecule has 4 aromatic heterocycles. The summed E-state index contributed by atoms with van der Waals surface area (Å²) in [5.74, 6) is 2.35. The Morgan fingerprint density at radius 2 is 1.93 bits per heavy atom. The molecule has 11 heteroatoms. The van der Waals surface area contributed by atoms with Crippen molar-refractivity contribution in [1.82, 2.24) is 29.4 Å². The van der Waals surface area contributed by atoms with E-state index in [1.807, 2.05) is 30.7 Å². The second-order valence-electron chi connectivity index (χ2n) is 12.3. The summed E-state index contributed by atoms with van der Waals surface area (Å²) in [5.41, 5.74) is 4.72. The Balaban J connectivity index is 0.949. The number of aromatic nitrogens is 4. The zero-order valence-electron chi connectivity index (χ0n) is 24.2. The first-order valence-electron chi connectivity index (χ1n) is 14.9. The molecule has 0 aromatic carbocycles. The van der Waals surface area contributed by atoms with Gasteiger partial charge in [-0.25, -0.2) is 14.5 Å². The second-order valence-corrected chi connectivity index (χ2v) is 12.3. The van der Waals surface area contributed by atoms with Crippen molar-refractivity contribution in [2.24, 2.45) is 5.41 Å². The molecule has 0 aliphatic carbocycles. The highest BCUT2D eigenvalue weighted by Gasteiger charge is 2.48. The molecule has 5 saturated heterocycles. The molecule has 5 aliphatic heterocycles. The summed E-state index contributed by atoms with van der Waals surface area (Å²) in [6.07, 6.45) is 8.50. The van der Waals surface area contributed by atoms with Crippen LogP contribution in [-0.4, -0.2) is 101 Å². The lowest BCUT2D eigenvalue weighted by Crippen LogP contribution is -2.68. The number of pyridine rings is 3. The van der Waals surface area contributed by atoms with Crippen LogP contribution in [0.3, 0.4) is 0 Å². The molecule has 5 aliphatic rings. The second kappa shape index (κ2) is 10.5. The van der Waals surface area contributed by atoms with Crippen molar-refractivity contribution >= 4 is 11.3 Å². The summed E-state index contributed by atoms with van der Waals surface area (Å²) in [5, 5.41) is 14.2. The molecule has 0 N–H and O–H groups in total. The van der Waals surface area contributed by atoms with Crippen molar-refractivity contribution in [1.29, 1.82) is 5.26 Å². The number of anilines is 1. The predicted octanol–water partition coefficient (Wildman–Crippen LogP) is 2.85. The van der Waals surface area contributed by atoms with Crippen molar-refractivity contribution in [3.05, 3.63) is 66.2 Å². The molecule has 2 bridgehead atoms. The lowest BCUT2D eigenvalue weighted by atomic mass is 9.78. The Morgan fingerprint density at radius 3 is 2.60 bits per heavy atom. The number of nitrogens with zero attached hydrogens (tertiary/aromatic N) is 8. The van der Waals surface area contributed by atoms with Crippen LogP contribution in [0, 0.1) is 16.7 Å². The van der Waals surface area contributed by atoms with Gasteiger partial charge in [-0.3, -0.25) is 9.80 Å². The summed E-state index contributed by atoms with van der Waals surface area (Å²) in [4.78, 5) is 16.6. The van der Waals surface area contributed by atoms with E-state index in [2.05, 4.69) is 49.1 Å². The Morgan fingerprint density at radius 1 is 1.07 bits per heavy atom. The highest BCUT2D eigenvalue weighted by atomic mass is 16.5. The molecule has 220 valence electrons. The van der Waals surface area contributed by atoms with Gasteiger partial charge in [0.15, 0.2) is 0 Å². The van der Waals surface area contributed by atoms with Crippen molar-refractivity contribution in [3.63, 3.8) is 0 Å². The van der Waals surface area contributed by atoms with Gasteiger partial charge in [0.25, 0.3) is 0 Å². The standard InChI is InChI=1S/C32H34N8O3/c1-41-30-5-2-22(11-35-30)14-39-25-8-26(39)16-38(15-25)29-4-3-23(12-34-29)28-9-27(17-40-31(28)24(10-33)13-36-40)43-7-6-37-18-32(19-37)20-42-21-32/h2-5,9,11-13,17,25-26H,6-8,14-16,18-21H2,1H3. The van der Waals surface area contributed by atoms with Crippen LogP contribution < -0.4 is 14.4 Å². The van der Waals surface area contributed by atoms with Crippen LogP contribution in [0.4, 0.5) is 5.82 Å². The average Bonchev–Trinajstić information content (AvgIpc) is 3.43. The first kappa shape index (κ1) is 26.4. The number of ether oxygens (including phenoxy) is 3. The van der Waals surface area contributed by atoms with Gasteiger partial charge in [-0.1, -0.05) is 6.07 Å². The maximum Gasteiger partial charge on any atom is 0.212 e. The third-order valence-corrected chi connectivity index (χ3v) is 9.42. The third kappa shape index (κ3) is 4.76. The summed E-state index contributed by atoms with van der Waals surface area (Å²) >= 11 is 0. The molecule has 0 radical (unpaired) electrons. The molecular weight excluding hydrogens is 544 g/mol. The molecule has 9 heterocycles. The summed E-state index contributed by atoms with van der Waals surface area (Å²) in [6, 6.07) is 13.5. The SMILES string of the molecule is COc1ccc(CN2C3CC2CN(c2ccc(-c4cc(OCCN5CC6(COC6)C5)cn5ncc(C#N)c45)cn2)C3)cn1. The largest absolute Gasteiger partial charge is 0.491 e. The van der Waals surface area contributed by atoms with E-state index in [4.69, 9.17) is 19.2 Å². The van der Waals surface area contributed by atoms with Crippen molar-refractivity contribution in [3.8, 4) is 28.8 Å². The summed E-state index contributed by atoms with van der Waals surface area (Å²) < 4.78 is 18.5. The van der Waals surface area contributed by atoms with Gasteiger partial charge in [0.1, 0.15) is 24.2 Å². The fourth-order valence-corrected chi connectivity index (χ4v) is 7.11. The van der Waals surface area contributed by atoms with E-state index in [9.17, 15) is 5.26 Å². The molecule has 5 fully saturated rings. The van der Waals surface area contributed by atoms with Crippen LogP contribution in [0.25, 0.3) is 16.6 Å². The Hall–Kier alpha value is -4.24. The fourth-order valence-electron chi connectivity index (χ4n) is 7.11.